The van der Waals surface area contributed by atoms with Crippen molar-refractivity contribution >= 4 is 11.8 Å². The van der Waals surface area contributed by atoms with Crippen molar-refractivity contribution < 1.29 is 34.2 Å². The molecule has 0 amide bonds. The molecule has 0 aromatic heterocycles. The molecule has 0 rings (SSSR count). The van der Waals surface area contributed by atoms with Crippen LogP contribution < -0.4 is 5.11 Å². The Bertz CT molecular complexity index is 89.2. The van der Waals surface area contributed by atoms with E-state index in [0.29, 0.717) is 0 Å². The molecule has 0 radical (unpaired) electrons. The Labute approximate surface area is 73.6 Å². The largest absolute Gasteiger partial charge is 2.00 e. The quantitative estimate of drug-likeness (QED) is 0.341. The first-order valence-electron chi connectivity index (χ1n) is 2.53. The molecule has 0 N–H and O–H groups in total. The van der Waals surface area contributed by atoms with Gasteiger partial charge in [-0.1, -0.05) is 0 Å². The molecule has 0 aromatic rings. The fraction of sp³-hybridized carbons (Fsp3) is 0.500. The third-order valence-electron chi connectivity index (χ3n) is 0.393. The van der Waals surface area contributed by atoms with Crippen molar-refractivity contribution in [3.05, 3.63) is 6.92 Å². The van der Waals surface area contributed by atoms with Crippen LogP contribution in [0.3, 0.4) is 0 Å². The summed E-state index contributed by atoms with van der Waals surface area (Å²) in [6, 6.07) is 0. The van der Waals surface area contributed by atoms with Gasteiger partial charge in [0.2, 0.25) is 0 Å². The van der Waals surface area contributed by atoms with E-state index in [9.17, 15) is 14.7 Å². The Morgan fingerprint density at radius 2 is 1.70 bits per heavy atom. The maximum Gasteiger partial charge on any atom is 2.00 e. The summed E-state index contributed by atoms with van der Waals surface area (Å²) in [5.41, 5.74) is 0. The molecule has 4 heteroatoms. The van der Waals surface area contributed by atoms with E-state index in [1.165, 1.54) is 6.92 Å². The van der Waals surface area contributed by atoms with E-state index >= 15 is 0 Å². The van der Waals surface area contributed by atoms with Gasteiger partial charge < -0.3 is 16.8 Å². The van der Waals surface area contributed by atoms with Crippen LogP contribution >= 0.6 is 0 Å². The van der Waals surface area contributed by atoms with Crippen molar-refractivity contribution in [1.82, 2.24) is 0 Å². The zero-order valence-electron chi connectivity index (χ0n) is 6.35. The second-order valence-corrected chi connectivity index (χ2v) is 1.25. The maximum atomic E-state index is 9.83. The second-order valence-electron chi connectivity index (χ2n) is 1.25. The van der Waals surface area contributed by atoms with E-state index in [1.807, 2.05) is 0 Å². The van der Waals surface area contributed by atoms with Crippen molar-refractivity contribution in [2.45, 2.75) is 20.3 Å². The minimum atomic E-state index is -1.31. The van der Waals surface area contributed by atoms with Crippen LogP contribution in [0.15, 0.2) is 0 Å². The molecule has 0 atom stereocenters. The second kappa shape index (κ2) is 11.5. The molecule has 0 aromatic carbocycles. The summed E-state index contributed by atoms with van der Waals surface area (Å²) in [4.78, 5) is 19.3. The zero-order chi connectivity index (χ0) is 7.86. The Kier molecular flexibility index (Phi) is 18.9. The number of rotatable bonds is 2. The van der Waals surface area contributed by atoms with Crippen molar-refractivity contribution in [2.24, 2.45) is 0 Å². The predicted octanol–water partition coefficient (Wildman–Crippen LogP) is -0.447. The molecule has 10 heavy (non-hydrogen) atoms. The van der Waals surface area contributed by atoms with Crippen LogP contribution in [0.5, 0.6) is 0 Å². The molecule has 0 spiro atoms. The number of aliphatic carboxylic acids is 1. The Morgan fingerprint density at radius 3 is 1.70 bits per heavy atom. The maximum absolute atomic E-state index is 9.83. The molecule has 0 saturated heterocycles. The van der Waals surface area contributed by atoms with Crippen molar-refractivity contribution in [1.29, 1.82) is 0 Å². The number of hydrogen-bond donors (Lipinski definition) is 0. The molecule has 0 aliphatic heterocycles. The van der Waals surface area contributed by atoms with Crippen LogP contribution in [0, 0.1) is 6.92 Å². The summed E-state index contributed by atoms with van der Waals surface area (Å²) < 4.78 is 0. The molecule has 0 fully saturated rings. The summed E-state index contributed by atoms with van der Waals surface area (Å²) in [5, 5.41) is 9.48. The normalized spacial score (nSPS) is 6.30. The van der Waals surface area contributed by atoms with E-state index in [-0.39, 0.29) is 25.3 Å². The smallest absolute Gasteiger partial charge is 0.550 e. The van der Waals surface area contributed by atoms with Gasteiger partial charge in [-0.2, -0.15) is 6.92 Å². The third-order valence-corrected chi connectivity index (χ3v) is 0.393. The van der Waals surface area contributed by atoms with Crippen LogP contribution in [-0.4, -0.2) is 11.8 Å². The van der Waals surface area contributed by atoms with E-state index in [4.69, 9.17) is 0 Å². The van der Waals surface area contributed by atoms with Gasteiger partial charge >= 0.3 is 19.5 Å². The van der Waals surface area contributed by atoms with Gasteiger partial charge in [0.15, 0.2) is 0 Å². The van der Waals surface area contributed by atoms with E-state index in [0.717, 1.165) is 0 Å². The van der Waals surface area contributed by atoms with Crippen molar-refractivity contribution in [2.75, 3.05) is 0 Å². The summed E-state index contributed by atoms with van der Waals surface area (Å²) in [7, 11) is 0. The van der Waals surface area contributed by atoms with Crippen LogP contribution in [0.25, 0.3) is 0 Å². The van der Waals surface area contributed by atoms with E-state index in [2.05, 4.69) is 6.92 Å². The topological polar surface area (TPSA) is 57.2 Å². The van der Waals surface area contributed by atoms with Gasteiger partial charge in [-0.3, -0.25) is 4.79 Å². The summed E-state index contributed by atoms with van der Waals surface area (Å²) in [6.07, 6.45) is -0.472. The van der Waals surface area contributed by atoms with Gasteiger partial charge in [0.05, 0.1) is 0 Å². The molecule has 0 unspecified atom stereocenters. The van der Waals surface area contributed by atoms with Gasteiger partial charge in [0.25, 0.3) is 0 Å². The SMILES string of the molecule is CC(=O)CC(=O)[O-].[CH2-]C.[Zn+2]. The third kappa shape index (κ3) is 25.1. The molecule has 0 saturated carbocycles. The molecule has 3 nitrogen and oxygen atoms in total. The number of hydrogen-bond acceptors (Lipinski definition) is 3. The number of carbonyl (C=O) groups excluding carboxylic acids is 2. The molecular weight excluding hydrogens is 185 g/mol. The molecule has 0 aliphatic rings. The van der Waals surface area contributed by atoms with Gasteiger partial charge in [-0.15, -0.1) is 0 Å². The molecule has 0 aliphatic carbocycles. The number of carboxylic acids is 1. The minimum absolute atomic E-state index is 0. The van der Waals surface area contributed by atoms with Crippen LogP contribution in [-0.2, 0) is 29.1 Å². The van der Waals surface area contributed by atoms with Gasteiger partial charge in [-0.25, -0.2) is 0 Å². The number of carboxylic acid groups (broad SMARTS) is 1. The zero-order valence-corrected chi connectivity index (χ0v) is 9.31. The predicted molar refractivity (Wildman–Crippen MR) is 31.3 cm³/mol. The Morgan fingerprint density at radius 1 is 1.40 bits per heavy atom. The van der Waals surface area contributed by atoms with Crippen molar-refractivity contribution in [3.63, 3.8) is 0 Å². The summed E-state index contributed by atoms with van der Waals surface area (Å²) in [5.74, 6) is -1.69. The van der Waals surface area contributed by atoms with Gasteiger partial charge in [-0.05, 0) is 6.92 Å². The van der Waals surface area contributed by atoms with E-state index in [1.54, 1.807) is 6.92 Å². The Hall–Kier alpha value is -0.237. The summed E-state index contributed by atoms with van der Waals surface area (Å²) in [6.45, 7) is 6.20. The summed E-state index contributed by atoms with van der Waals surface area (Å²) >= 11 is 0. The first-order chi connectivity index (χ1) is 4.13. The number of carbonyl (C=O) groups is 2. The molecule has 0 heterocycles. The first kappa shape index (κ1) is 16.4. The first-order valence-corrected chi connectivity index (χ1v) is 2.53. The number of Topliss-reactive ketones (excluding diaryl/α,β-unsaturated/α-hetero) is 1. The minimum Gasteiger partial charge on any atom is -0.550 e. The van der Waals surface area contributed by atoms with Crippen LogP contribution in [0.1, 0.15) is 20.3 Å². The standard InChI is InChI=1S/C4H6O3.C2H5.Zn/c1-3(5)2-4(6)7;1-2;/h2H2,1H3,(H,6,7);1H2,2H3;/q;-1;+2/p-1. The fourth-order valence-corrected chi connectivity index (χ4v) is 0.203. The fourth-order valence-electron chi connectivity index (χ4n) is 0.203. The Balaban J connectivity index is -0.000000149. The average Bonchev–Trinajstić information content (AvgIpc) is 1.68. The van der Waals surface area contributed by atoms with Crippen molar-refractivity contribution in [3.8, 4) is 0 Å². The molecule has 0 bridgehead atoms. The number of ketones is 1. The molecule has 54 valence electrons. The monoisotopic (exact) mass is 194 g/mol. The average molecular weight is 196 g/mol. The molecular formula is C6H10O3Zn. The van der Waals surface area contributed by atoms with E-state index < -0.39 is 12.4 Å². The van der Waals surface area contributed by atoms with Crippen LogP contribution in [0.2, 0.25) is 0 Å². The van der Waals surface area contributed by atoms with Crippen LogP contribution in [0.4, 0.5) is 0 Å². The van der Waals surface area contributed by atoms with Gasteiger partial charge in [0.1, 0.15) is 5.78 Å². The van der Waals surface area contributed by atoms with Gasteiger partial charge in [0, 0.05) is 12.4 Å².